The van der Waals surface area contributed by atoms with Gasteiger partial charge in [0.2, 0.25) is 0 Å². The minimum Gasteiger partial charge on any atom is -0.493 e. The van der Waals surface area contributed by atoms with Gasteiger partial charge < -0.3 is 15.2 Å². The normalized spacial score (nSPS) is 13.7. The highest BCUT2D eigenvalue weighted by molar-refractivity contribution is 5.79. The number of hydrogen-bond donors (Lipinski definition) is 1. The van der Waals surface area contributed by atoms with Crippen molar-refractivity contribution in [2.75, 3.05) is 13.2 Å². The zero-order chi connectivity index (χ0) is 14.3. The Kier molecular flexibility index (Phi) is 5.83. The highest BCUT2D eigenvalue weighted by atomic mass is 16.5. The van der Waals surface area contributed by atoms with Crippen molar-refractivity contribution in [2.24, 2.45) is 5.73 Å². The van der Waals surface area contributed by atoms with E-state index in [-0.39, 0.29) is 5.97 Å². The van der Waals surface area contributed by atoms with Crippen molar-refractivity contribution in [1.82, 2.24) is 0 Å². The Morgan fingerprint density at radius 1 is 1.37 bits per heavy atom. The van der Waals surface area contributed by atoms with Crippen LogP contribution in [0.2, 0.25) is 0 Å². The molecule has 0 saturated carbocycles. The number of esters is 1. The molecule has 106 valence electrons. The summed E-state index contributed by atoms with van der Waals surface area (Å²) in [6.45, 7) is 6.36. The monoisotopic (exact) mass is 265 g/mol. The van der Waals surface area contributed by atoms with E-state index in [9.17, 15) is 4.79 Å². The van der Waals surface area contributed by atoms with Gasteiger partial charge in [-0.05, 0) is 45.2 Å². The van der Waals surface area contributed by atoms with Crippen LogP contribution in [-0.4, -0.2) is 24.7 Å². The summed E-state index contributed by atoms with van der Waals surface area (Å²) in [4.78, 5) is 11.6. The molecule has 0 spiro atoms. The van der Waals surface area contributed by atoms with Crippen molar-refractivity contribution in [2.45, 2.75) is 39.2 Å². The van der Waals surface area contributed by atoms with Crippen molar-refractivity contribution in [1.29, 1.82) is 0 Å². The average Bonchev–Trinajstić information content (AvgIpc) is 2.37. The van der Waals surface area contributed by atoms with Crippen LogP contribution in [0.4, 0.5) is 0 Å². The maximum Gasteiger partial charge on any atom is 0.325 e. The molecule has 0 heterocycles. The van der Waals surface area contributed by atoms with Gasteiger partial charge in [-0.2, -0.15) is 0 Å². The summed E-state index contributed by atoms with van der Waals surface area (Å²) < 4.78 is 10.6. The maximum absolute atomic E-state index is 11.6. The first kappa shape index (κ1) is 15.5. The van der Waals surface area contributed by atoms with Gasteiger partial charge in [-0.25, -0.2) is 0 Å². The van der Waals surface area contributed by atoms with E-state index in [1.54, 1.807) is 13.8 Å². The van der Waals surface area contributed by atoms with Crippen LogP contribution >= 0.6 is 0 Å². The van der Waals surface area contributed by atoms with Crippen LogP contribution in [-0.2, 0) is 9.53 Å². The van der Waals surface area contributed by atoms with Crippen LogP contribution < -0.4 is 10.5 Å². The van der Waals surface area contributed by atoms with E-state index < -0.39 is 5.54 Å². The molecule has 1 atom stereocenters. The van der Waals surface area contributed by atoms with E-state index >= 15 is 0 Å². The zero-order valence-corrected chi connectivity index (χ0v) is 11.9. The first-order valence-electron chi connectivity index (χ1n) is 6.62. The van der Waals surface area contributed by atoms with Gasteiger partial charge in [0, 0.05) is 0 Å². The Bertz CT molecular complexity index is 416. The SMILES string of the molecule is CCOC(=O)C(C)(N)CCCOc1ccccc1C. The van der Waals surface area contributed by atoms with Crippen LogP contribution in [0.5, 0.6) is 5.75 Å². The summed E-state index contributed by atoms with van der Waals surface area (Å²) in [6.07, 6.45) is 1.25. The lowest BCUT2D eigenvalue weighted by Gasteiger charge is -2.22. The van der Waals surface area contributed by atoms with Gasteiger partial charge in [-0.15, -0.1) is 0 Å². The highest BCUT2D eigenvalue weighted by Gasteiger charge is 2.29. The summed E-state index contributed by atoms with van der Waals surface area (Å²) >= 11 is 0. The summed E-state index contributed by atoms with van der Waals surface area (Å²) in [5.74, 6) is 0.517. The molecule has 0 aliphatic heterocycles. The molecule has 0 fully saturated rings. The van der Waals surface area contributed by atoms with E-state index in [1.807, 2.05) is 31.2 Å². The van der Waals surface area contributed by atoms with Crippen LogP contribution in [0.25, 0.3) is 0 Å². The number of rotatable bonds is 7. The second kappa shape index (κ2) is 7.14. The number of ether oxygens (including phenoxy) is 2. The standard InChI is InChI=1S/C15H23NO3/c1-4-18-14(17)15(3,16)10-7-11-19-13-9-6-5-8-12(13)2/h5-6,8-9H,4,7,10-11,16H2,1-3H3. The fourth-order valence-electron chi connectivity index (χ4n) is 1.74. The first-order valence-corrected chi connectivity index (χ1v) is 6.62. The molecule has 4 nitrogen and oxygen atoms in total. The van der Waals surface area contributed by atoms with Gasteiger partial charge in [0.25, 0.3) is 0 Å². The number of carbonyl (C=O) groups is 1. The fraction of sp³-hybridized carbons (Fsp3) is 0.533. The number of para-hydroxylation sites is 1. The van der Waals surface area contributed by atoms with Crippen molar-refractivity contribution >= 4 is 5.97 Å². The van der Waals surface area contributed by atoms with E-state index in [2.05, 4.69) is 0 Å². The molecule has 1 aromatic rings. The third-order valence-electron chi connectivity index (χ3n) is 2.93. The molecule has 4 heteroatoms. The number of nitrogens with two attached hydrogens (primary N) is 1. The Hall–Kier alpha value is -1.55. The van der Waals surface area contributed by atoms with Gasteiger partial charge in [0.1, 0.15) is 11.3 Å². The topological polar surface area (TPSA) is 61.5 Å². The Labute approximate surface area is 114 Å². The molecular weight excluding hydrogens is 242 g/mol. The highest BCUT2D eigenvalue weighted by Crippen LogP contribution is 2.17. The average molecular weight is 265 g/mol. The Morgan fingerprint density at radius 3 is 2.68 bits per heavy atom. The van der Waals surface area contributed by atoms with Gasteiger partial charge in [-0.3, -0.25) is 4.79 Å². The minimum absolute atomic E-state index is 0.353. The van der Waals surface area contributed by atoms with Crippen LogP contribution in [0, 0.1) is 6.92 Å². The minimum atomic E-state index is -0.939. The molecule has 1 rings (SSSR count). The third-order valence-corrected chi connectivity index (χ3v) is 2.93. The number of carbonyl (C=O) groups excluding carboxylic acids is 1. The summed E-state index contributed by atoms with van der Waals surface area (Å²) in [6, 6.07) is 7.84. The summed E-state index contributed by atoms with van der Waals surface area (Å²) in [5, 5.41) is 0. The third kappa shape index (κ3) is 4.91. The van der Waals surface area contributed by atoms with Gasteiger partial charge in [0.05, 0.1) is 13.2 Å². The largest absolute Gasteiger partial charge is 0.493 e. The van der Waals surface area contributed by atoms with Crippen LogP contribution in [0.15, 0.2) is 24.3 Å². The van der Waals surface area contributed by atoms with E-state index in [1.165, 1.54) is 0 Å². The lowest BCUT2D eigenvalue weighted by Crippen LogP contribution is -2.46. The summed E-state index contributed by atoms with van der Waals surface area (Å²) in [7, 11) is 0. The van der Waals surface area contributed by atoms with E-state index in [0.29, 0.717) is 26.1 Å². The van der Waals surface area contributed by atoms with E-state index in [4.69, 9.17) is 15.2 Å². The Morgan fingerprint density at radius 2 is 2.05 bits per heavy atom. The molecule has 19 heavy (non-hydrogen) atoms. The van der Waals surface area contributed by atoms with Gasteiger partial charge >= 0.3 is 5.97 Å². The first-order chi connectivity index (χ1) is 8.97. The number of benzene rings is 1. The van der Waals surface area contributed by atoms with Gasteiger partial charge in [-0.1, -0.05) is 18.2 Å². The summed E-state index contributed by atoms with van der Waals surface area (Å²) in [5.41, 5.74) is 6.09. The molecular formula is C15H23NO3. The molecule has 0 aliphatic carbocycles. The van der Waals surface area contributed by atoms with Crippen molar-refractivity contribution in [3.63, 3.8) is 0 Å². The quantitative estimate of drug-likeness (QED) is 0.607. The number of hydrogen-bond acceptors (Lipinski definition) is 4. The molecule has 0 aliphatic rings. The molecule has 0 radical (unpaired) electrons. The molecule has 0 bridgehead atoms. The van der Waals surface area contributed by atoms with Gasteiger partial charge in [0.15, 0.2) is 0 Å². The second-order valence-corrected chi connectivity index (χ2v) is 4.86. The molecule has 2 N–H and O–H groups in total. The van der Waals surface area contributed by atoms with Crippen molar-refractivity contribution in [3.05, 3.63) is 29.8 Å². The molecule has 1 aromatic carbocycles. The van der Waals surface area contributed by atoms with Crippen LogP contribution in [0.1, 0.15) is 32.3 Å². The smallest absolute Gasteiger partial charge is 0.325 e. The lowest BCUT2D eigenvalue weighted by molar-refractivity contribution is -0.149. The zero-order valence-electron chi connectivity index (χ0n) is 11.9. The molecule has 0 amide bonds. The molecule has 0 saturated heterocycles. The predicted molar refractivity (Wildman–Crippen MR) is 75.1 cm³/mol. The molecule has 0 aromatic heterocycles. The van der Waals surface area contributed by atoms with Crippen molar-refractivity contribution in [3.8, 4) is 5.75 Å². The lowest BCUT2D eigenvalue weighted by atomic mass is 9.98. The predicted octanol–water partition coefficient (Wildman–Crippen LogP) is 2.43. The van der Waals surface area contributed by atoms with Crippen molar-refractivity contribution < 1.29 is 14.3 Å². The Balaban J connectivity index is 2.35. The van der Waals surface area contributed by atoms with Crippen LogP contribution in [0.3, 0.4) is 0 Å². The fourth-order valence-corrected chi connectivity index (χ4v) is 1.74. The van der Waals surface area contributed by atoms with E-state index in [0.717, 1.165) is 11.3 Å². The number of aryl methyl sites for hydroxylation is 1. The maximum atomic E-state index is 11.6. The molecule has 1 unspecified atom stereocenters. The second-order valence-electron chi connectivity index (χ2n) is 4.86.